The van der Waals surface area contributed by atoms with Crippen molar-refractivity contribution in [2.75, 3.05) is 54.2 Å². The van der Waals surface area contributed by atoms with Gasteiger partial charge >= 0.3 is 5.97 Å². The number of anilines is 1. The van der Waals surface area contributed by atoms with Crippen molar-refractivity contribution in [1.82, 2.24) is 25.3 Å². The van der Waals surface area contributed by atoms with Crippen molar-refractivity contribution in [3.05, 3.63) is 29.8 Å². The first-order chi connectivity index (χ1) is 27.4. The highest BCUT2D eigenvalue weighted by molar-refractivity contribution is 5.92. The number of likely N-dealkylation sites (N-methyl/N-ethyl adjacent to an activating group) is 2. The summed E-state index contributed by atoms with van der Waals surface area (Å²) < 4.78 is 17.0. The van der Waals surface area contributed by atoms with Crippen molar-refractivity contribution >= 4 is 35.3 Å². The minimum Gasteiger partial charge on any atom is -0.467 e. The molecule has 0 spiro atoms. The molecule has 14 nitrogen and oxygen atoms in total. The normalized spacial score (nSPS) is 23.4. The van der Waals surface area contributed by atoms with Crippen LogP contribution in [-0.4, -0.2) is 135 Å². The van der Waals surface area contributed by atoms with Crippen molar-refractivity contribution in [3.63, 3.8) is 0 Å². The molecule has 10 atom stereocenters. The molecule has 3 rings (SSSR count). The first kappa shape index (κ1) is 48.6. The molecule has 2 heterocycles. The number of benzene rings is 1. The third-order valence-corrected chi connectivity index (χ3v) is 12.9. The number of carbonyl (C=O) groups excluding carboxylic acids is 5. The van der Waals surface area contributed by atoms with E-state index < -0.39 is 59.7 Å². The van der Waals surface area contributed by atoms with E-state index >= 15 is 0 Å². The minimum absolute atomic E-state index is 0.00301. The summed E-state index contributed by atoms with van der Waals surface area (Å²) in [6, 6.07) is 4.49. The molecule has 58 heavy (non-hydrogen) atoms. The van der Waals surface area contributed by atoms with Gasteiger partial charge in [-0.2, -0.15) is 0 Å². The molecule has 4 N–H and O–H groups in total. The molecule has 0 aromatic heterocycles. The standard InChI is InChI=1S/C44H74N6O8/c1-13-16-31-25-44(7,48(8)26-31)43(55)47-37(27(3)4)41(53)49(9)38(28(5)14-2)35(56-10)24-36(51)50-22-15-17-34(50)39(57-11)29(6)40(52)46-33(42(54)58-12)23-30-18-20-32(45)21-19-30/h18-21,27-29,31,33-35,37-39H,13-17,22-26,45H2,1-12H3,(H,46,52)(H,47,55)/t28-,29+,31?,33-,34-,35+,37-,38-,39+,44+/m0/s1. The van der Waals surface area contributed by atoms with E-state index in [4.69, 9.17) is 19.9 Å². The second-order valence-electron chi connectivity index (χ2n) is 17.3. The molecule has 1 aromatic rings. The average molecular weight is 815 g/mol. The Labute approximate surface area is 347 Å². The first-order valence-corrected chi connectivity index (χ1v) is 21.2. The summed E-state index contributed by atoms with van der Waals surface area (Å²) in [4.78, 5) is 74.7. The van der Waals surface area contributed by atoms with Crippen molar-refractivity contribution in [3.8, 4) is 0 Å². The molecule has 328 valence electrons. The number of esters is 1. The maximum Gasteiger partial charge on any atom is 0.328 e. The molecule has 14 heteroatoms. The van der Waals surface area contributed by atoms with Gasteiger partial charge in [0.25, 0.3) is 0 Å². The summed E-state index contributed by atoms with van der Waals surface area (Å²) in [6.45, 7) is 15.1. The summed E-state index contributed by atoms with van der Waals surface area (Å²) in [5.74, 6) is -2.02. The minimum atomic E-state index is -0.934. The van der Waals surface area contributed by atoms with Gasteiger partial charge in [0.2, 0.25) is 23.6 Å². The number of amides is 4. The highest BCUT2D eigenvalue weighted by Gasteiger charge is 2.48. The van der Waals surface area contributed by atoms with Crippen LogP contribution < -0.4 is 16.4 Å². The van der Waals surface area contributed by atoms with Crippen LogP contribution in [0.2, 0.25) is 0 Å². The third kappa shape index (κ3) is 11.7. The number of hydrogen-bond acceptors (Lipinski definition) is 10. The van der Waals surface area contributed by atoms with E-state index in [2.05, 4.69) is 22.5 Å². The van der Waals surface area contributed by atoms with Gasteiger partial charge in [0.05, 0.1) is 49.3 Å². The lowest BCUT2D eigenvalue weighted by Crippen LogP contribution is -2.61. The Hall–Kier alpha value is -3.75. The number of carbonyl (C=O) groups is 5. The zero-order valence-corrected chi connectivity index (χ0v) is 37.3. The Morgan fingerprint density at radius 3 is 2.21 bits per heavy atom. The zero-order valence-electron chi connectivity index (χ0n) is 37.3. The van der Waals surface area contributed by atoms with Crippen LogP contribution >= 0.6 is 0 Å². The zero-order chi connectivity index (χ0) is 43.5. The van der Waals surface area contributed by atoms with Crippen molar-refractivity contribution in [2.24, 2.45) is 23.7 Å². The van der Waals surface area contributed by atoms with Gasteiger partial charge in [-0.05, 0) is 75.1 Å². The van der Waals surface area contributed by atoms with E-state index in [1.807, 2.05) is 41.7 Å². The Morgan fingerprint density at radius 1 is 1.00 bits per heavy atom. The molecule has 0 bridgehead atoms. The van der Waals surface area contributed by atoms with Crippen molar-refractivity contribution in [1.29, 1.82) is 0 Å². The van der Waals surface area contributed by atoms with Crippen LogP contribution in [0, 0.1) is 23.7 Å². The van der Waals surface area contributed by atoms with E-state index in [1.165, 1.54) is 14.2 Å². The highest BCUT2D eigenvalue weighted by Crippen LogP contribution is 2.35. The second-order valence-corrected chi connectivity index (χ2v) is 17.3. The Morgan fingerprint density at radius 2 is 1.66 bits per heavy atom. The van der Waals surface area contributed by atoms with E-state index in [1.54, 1.807) is 55.1 Å². The fourth-order valence-electron chi connectivity index (χ4n) is 9.10. The number of rotatable bonds is 21. The number of nitrogens with one attached hydrogen (secondary N) is 2. The SMILES string of the molecule is CCCC1CN(C)[C@@](C)(C(=O)N[C@H](C(=O)N(C)[C@@H]([C@@H](C)CC)[C@@H](CC(=O)N2CCC[C@H]2[C@H](OC)[C@@H](C)C(=O)N[C@@H](Cc2ccc(N)cc2)C(=O)OC)OC)C(C)C)C1. The molecule has 4 amide bonds. The molecule has 0 saturated carbocycles. The fraction of sp³-hybridized carbons (Fsp3) is 0.750. The molecular weight excluding hydrogens is 741 g/mol. The van der Waals surface area contributed by atoms with Crippen LogP contribution in [0.1, 0.15) is 99.0 Å². The lowest BCUT2D eigenvalue weighted by Gasteiger charge is -2.41. The molecular formula is C44H74N6O8. The van der Waals surface area contributed by atoms with Crippen LogP contribution in [0.3, 0.4) is 0 Å². The number of nitrogens with two attached hydrogens (primary N) is 1. The molecule has 2 aliphatic rings. The molecule has 1 unspecified atom stereocenters. The van der Waals surface area contributed by atoms with Gasteiger partial charge in [-0.25, -0.2) is 4.79 Å². The van der Waals surface area contributed by atoms with Crippen LogP contribution in [-0.2, 0) is 44.6 Å². The number of methoxy groups -OCH3 is 3. The topological polar surface area (TPSA) is 173 Å². The van der Waals surface area contributed by atoms with Crippen LogP contribution in [0.4, 0.5) is 5.69 Å². The Kier molecular flexibility index (Phi) is 18.5. The van der Waals surface area contributed by atoms with Crippen molar-refractivity contribution < 1.29 is 38.2 Å². The highest BCUT2D eigenvalue weighted by atomic mass is 16.5. The molecule has 0 aliphatic carbocycles. The van der Waals surface area contributed by atoms with Crippen LogP contribution in [0.25, 0.3) is 0 Å². The van der Waals surface area contributed by atoms with Gasteiger partial charge in [0, 0.05) is 46.5 Å². The van der Waals surface area contributed by atoms with Gasteiger partial charge in [-0.15, -0.1) is 0 Å². The van der Waals surface area contributed by atoms with Gasteiger partial charge in [-0.3, -0.25) is 24.1 Å². The number of hydrogen-bond donors (Lipinski definition) is 3. The van der Waals surface area contributed by atoms with Gasteiger partial charge in [-0.1, -0.05) is 66.5 Å². The fourth-order valence-corrected chi connectivity index (χ4v) is 9.10. The maximum absolute atomic E-state index is 14.4. The van der Waals surface area contributed by atoms with Crippen molar-refractivity contribution in [2.45, 2.75) is 142 Å². The average Bonchev–Trinajstić information content (AvgIpc) is 3.80. The van der Waals surface area contributed by atoms with Gasteiger partial charge < -0.3 is 40.4 Å². The summed E-state index contributed by atoms with van der Waals surface area (Å²) in [5.41, 5.74) is 6.51. The number of ether oxygens (including phenoxy) is 3. The maximum atomic E-state index is 14.4. The molecule has 2 aliphatic heterocycles. The largest absolute Gasteiger partial charge is 0.467 e. The van der Waals surface area contributed by atoms with E-state index in [0.29, 0.717) is 24.6 Å². The number of nitrogen functional groups attached to an aromatic ring is 1. The smallest absolute Gasteiger partial charge is 0.328 e. The molecule has 1 aromatic carbocycles. The quantitative estimate of drug-likeness (QED) is 0.122. The second kappa shape index (κ2) is 22.0. The predicted octanol–water partition coefficient (Wildman–Crippen LogP) is 4.04. The lowest BCUT2D eigenvalue weighted by atomic mass is 9.88. The lowest BCUT2D eigenvalue weighted by molar-refractivity contribution is -0.149. The van der Waals surface area contributed by atoms with Gasteiger partial charge in [0.15, 0.2) is 0 Å². The van der Waals surface area contributed by atoms with Crippen LogP contribution in [0.5, 0.6) is 0 Å². The summed E-state index contributed by atoms with van der Waals surface area (Å²) in [5, 5.41) is 5.99. The number of nitrogens with zero attached hydrogens (tertiary/aromatic N) is 3. The summed E-state index contributed by atoms with van der Waals surface area (Å²) >= 11 is 0. The van der Waals surface area contributed by atoms with E-state index in [9.17, 15) is 24.0 Å². The number of likely N-dealkylation sites (tertiary alicyclic amines) is 2. The summed E-state index contributed by atoms with van der Waals surface area (Å²) in [6.07, 6.45) is 3.84. The predicted molar refractivity (Wildman–Crippen MR) is 225 cm³/mol. The first-order valence-electron chi connectivity index (χ1n) is 21.2. The Bertz CT molecular complexity index is 1530. The molecule has 0 radical (unpaired) electrons. The van der Waals surface area contributed by atoms with E-state index in [0.717, 1.165) is 44.2 Å². The summed E-state index contributed by atoms with van der Waals surface area (Å²) in [7, 11) is 8.08. The van der Waals surface area contributed by atoms with E-state index in [-0.39, 0.29) is 42.4 Å². The third-order valence-electron chi connectivity index (χ3n) is 12.9. The van der Waals surface area contributed by atoms with Gasteiger partial charge in [0.1, 0.15) is 12.1 Å². The molecule has 2 fully saturated rings. The van der Waals surface area contributed by atoms with Crippen LogP contribution in [0.15, 0.2) is 24.3 Å². The Balaban J connectivity index is 1.78. The molecule has 2 saturated heterocycles. The monoisotopic (exact) mass is 815 g/mol.